The van der Waals surface area contributed by atoms with E-state index in [0.717, 1.165) is 18.4 Å². The average molecular weight is 303 g/mol. The third-order valence-electron chi connectivity index (χ3n) is 5.33. The monoisotopic (exact) mass is 303 g/mol. The molecule has 0 aliphatic carbocycles. The molecule has 5 nitrogen and oxygen atoms in total. The molecular formula is C17H21NO4. The molecule has 5 unspecified atom stereocenters. The number of carbonyl (C=O) groups excluding carboxylic acids is 1. The van der Waals surface area contributed by atoms with Crippen LogP contribution in [-0.2, 0) is 14.3 Å². The van der Waals surface area contributed by atoms with Crippen LogP contribution in [0.1, 0.15) is 24.3 Å². The number of aliphatic hydroxyl groups excluding tert-OH is 1. The van der Waals surface area contributed by atoms with Crippen LogP contribution in [0.4, 0.5) is 0 Å². The number of hydrogen-bond acceptors (Lipinski definition) is 5. The average Bonchev–Trinajstić information content (AvgIpc) is 3.27. The molecule has 2 bridgehead atoms. The highest BCUT2D eigenvalue weighted by molar-refractivity contribution is 5.78. The molecule has 1 aromatic rings. The zero-order valence-electron chi connectivity index (χ0n) is 12.6. The first kappa shape index (κ1) is 14.2. The highest BCUT2D eigenvalue weighted by Crippen LogP contribution is 2.48. The Bertz CT molecular complexity index is 545. The molecule has 0 amide bonds. The number of benzene rings is 1. The lowest BCUT2D eigenvalue weighted by atomic mass is 9.97. The van der Waals surface area contributed by atoms with Crippen molar-refractivity contribution in [2.24, 2.45) is 0 Å². The summed E-state index contributed by atoms with van der Waals surface area (Å²) >= 11 is 0. The summed E-state index contributed by atoms with van der Waals surface area (Å²) in [7, 11) is 2.13. The quantitative estimate of drug-likeness (QED) is 0.662. The normalized spacial score (nSPS) is 37.5. The fourth-order valence-electron chi connectivity index (χ4n) is 4.04. The molecule has 118 valence electrons. The molecule has 4 rings (SSSR count). The van der Waals surface area contributed by atoms with E-state index in [-0.39, 0.29) is 18.7 Å². The second-order valence-corrected chi connectivity index (χ2v) is 6.54. The third-order valence-corrected chi connectivity index (χ3v) is 5.33. The number of esters is 1. The number of hydrogen-bond donors (Lipinski definition) is 1. The van der Waals surface area contributed by atoms with E-state index < -0.39 is 5.92 Å². The molecular weight excluding hydrogens is 282 g/mol. The molecule has 3 fully saturated rings. The summed E-state index contributed by atoms with van der Waals surface area (Å²) in [6.45, 7) is -0.226. The van der Waals surface area contributed by atoms with E-state index in [1.54, 1.807) is 0 Å². The number of piperidine rings is 1. The molecule has 3 aliphatic rings. The summed E-state index contributed by atoms with van der Waals surface area (Å²) in [5.41, 5.74) is 0.803. The minimum absolute atomic E-state index is 0.0622. The van der Waals surface area contributed by atoms with Crippen LogP contribution in [-0.4, -0.2) is 60.0 Å². The maximum absolute atomic E-state index is 12.4. The first-order valence-corrected chi connectivity index (χ1v) is 7.92. The molecule has 3 heterocycles. The van der Waals surface area contributed by atoms with E-state index in [1.165, 1.54) is 0 Å². The van der Waals surface area contributed by atoms with E-state index in [0.29, 0.717) is 24.3 Å². The van der Waals surface area contributed by atoms with Crippen molar-refractivity contribution in [1.82, 2.24) is 4.90 Å². The van der Waals surface area contributed by atoms with Crippen LogP contribution in [0.2, 0.25) is 0 Å². The number of aliphatic hydroxyl groups is 1. The molecule has 0 aromatic heterocycles. The number of epoxide rings is 1. The summed E-state index contributed by atoms with van der Waals surface area (Å²) in [6.07, 6.45) is 2.26. The van der Waals surface area contributed by atoms with Crippen LogP contribution in [0.15, 0.2) is 30.3 Å². The third kappa shape index (κ3) is 2.24. The Morgan fingerprint density at radius 1 is 1.32 bits per heavy atom. The van der Waals surface area contributed by atoms with Gasteiger partial charge in [0.05, 0.1) is 6.61 Å². The van der Waals surface area contributed by atoms with Gasteiger partial charge in [-0.15, -0.1) is 0 Å². The SMILES string of the molecule is CN1C2CC(OC(=O)C(CO)c3ccccc3)C[C@H]1C1OC12. The van der Waals surface area contributed by atoms with Gasteiger partial charge in [0.2, 0.25) is 0 Å². The molecule has 22 heavy (non-hydrogen) atoms. The molecule has 0 spiro atoms. The van der Waals surface area contributed by atoms with E-state index in [2.05, 4.69) is 11.9 Å². The lowest BCUT2D eigenvalue weighted by molar-refractivity contribution is -0.156. The van der Waals surface area contributed by atoms with Gasteiger partial charge in [-0.2, -0.15) is 0 Å². The van der Waals surface area contributed by atoms with Crippen LogP contribution in [0.3, 0.4) is 0 Å². The molecule has 3 aliphatic heterocycles. The van der Waals surface area contributed by atoms with Crippen molar-refractivity contribution in [3.63, 3.8) is 0 Å². The van der Waals surface area contributed by atoms with Gasteiger partial charge in [0.1, 0.15) is 24.2 Å². The summed E-state index contributed by atoms with van der Waals surface area (Å²) in [6, 6.07) is 10.1. The van der Waals surface area contributed by atoms with Crippen LogP contribution in [0.25, 0.3) is 0 Å². The number of nitrogens with zero attached hydrogens (tertiary/aromatic N) is 1. The predicted octanol–water partition coefficient (Wildman–Crippen LogP) is 0.918. The standard InChI is InChI=1S/C17H21NO4/c1-18-13-7-11(8-14(18)16-15(13)22-16)21-17(20)12(9-19)10-5-3-2-4-6-10/h2-6,11-16,19H,7-9H2,1H3/t11?,12?,13-,14?,15?,16?/m0/s1. The Morgan fingerprint density at radius 2 is 1.95 bits per heavy atom. The summed E-state index contributed by atoms with van der Waals surface area (Å²) < 4.78 is 11.4. The van der Waals surface area contributed by atoms with E-state index >= 15 is 0 Å². The van der Waals surface area contributed by atoms with Gasteiger partial charge in [-0.25, -0.2) is 0 Å². The van der Waals surface area contributed by atoms with E-state index in [4.69, 9.17) is 9.47 Å². The fourth-order valence-corrected chi connectivity index (χ4v) is 4.04. The molecule has 6 atom stereocenters. The first-order valence-electron chi connectivity index (χ1n) is 7.92. The number of fused-ring (bicyclic) bond motifs is 5. The largest absolute Gasteiger partial charge is 0.462 e. The van der Waals surface area contributed by atoms with Gasteiger partial charge < -0.3 is 14.6 Å². The van der Waals surface area contributed by atoms with Crippen molar-refractivity contribution >= 4 is 5.97 Å². The maximum atomic E-state index is 12.4. The first-order chi connectivity index (χ1) is 10.7. The van der Waals surface area contributed by atoms with E-state index in [1.807, 2.05) is 30.3 Å². The predicted molar refractivity (Wildman–Crippen MR) is 79.4 cm³/mol. The summed E-state index contributed by atoms with van der Waals surface area (Å²) in [5.74, 6) is -0.915. The highest BCUT2D eigenvalue weighted by Gasteiger charge is 2.62. The molecule has 0 radical (unpaired) electrons. The Balaban J connectivity index is 1.42. The minimum Gasteiger partial charge on any atom is -0.462 e. The highest BCUT2D eigenvalue weighted by atomic mass is 16.6. The fraction of sp³-hybridized carbons (Fsp3) is 0.588. The maximum Gasteiger partial charge on any atom is 0.316 e. The Morgan fingerprint density at radius 3 is 2.55 bits per heavy atom. The lowest BCUT2D eigenvalue weighted by Gasteiger charge is -2.38. The van der Waals surface area contributed by atoms with Crippen LogP contribution in [0.5, 0.6) is 0 Å². The zero-order valence-corrected chi connectivity index (χ0v) is 12.6. The number of morpholine rings is 1. The number of likely N-dealkylation sites (N-methyl/N-ethyl adjacent to an activating group) is 1. The Kier molecular flexibility index (Phi) is 3.44. The smallest absolute Gasteiger partial charge is 0.316 e. The summed E-state index contributed by atoms with van der Waals surface area (Å²) in [4.78, 5) is 14.8. The lowest BCUT2D eigenvalue weighted by Crippen LogP contribution is -2.48. The van der Waals surface area contributed by atoms with Gasteiger partial charge in [0.25, 0.3) is 0 Å². The van der Waals surface area contributed by atoms with Crippen LogP contribution in [0, 0.1) is 0 Å². The number of rotatable bonds is 4. The number of ether oxygens (including phenoxy) is 2. The van der Waals surface area contributed by atoms with Crippen molar-refractivity contribution in [2.45, 2.75) is 49.2 Å². The molecule has 1 N–H and O–H groups in total. The van der Waals surface area contributed by atoms with Crippen LogP contribution >= 0.6 is 0 Å². The van der Waals surface area contributed by atoms with Gasteiger partial charge >= 0.3 is 5.97 Å². The molecule has 5 heteroatoms. The number of carbonyl (C=O) groups is 1. The van der Waals surface area contributed by atoms with Crippen LogP contribution < -0.4 is 0 Å². The van der Waals surface area contributed by atoms with Gasteiger partial charge in [-0.3, -0.25) is 9.69 Å². The second-order valence-electron chi connectivity index (χ2n) is 6.54. The van der Waals surface area contributed by atoms with Gasteiger partial charge in [-0.05, 0) is 12.6 Å². The molecule has 1 aromatic carbocycles. The Hall–Kier alpha value is -1.43. The second kappa shape index (κ2) is 5.33. The minimum atomic E-state index is -0.593. The molecule has 0 saturated carbocycles. The Labute approximate surface area is 129 Å². The van der Waals surface area contributed by atoms with E-state index in [9.17, 15) is 9.90 Å². The van der Waals surface area contributed by atoms with Crippen molar-refractivity contribution in [3.8, 4) is 0 Å². The zero-order chi connectivity index (χ0) is 15.3. The van der Waals surface area contributed by atoms with Gasteiger partial charge in [0.15, 0.2) is 0 Å². The molecule has 3 saturated heterocycles. The topological polar surface area (TPSA) is 62.3 Å². The van der Waals surface area contributed by atoms with Crippen molar-refractivity contribution in [3.05, 3.63) is 35.9 Å². The van der Waals surface area contributed by atoms with Crippen molar-refractivity contribution < 1.29 is 19.4 Å². The van der Waals surface area contributed by atoms with Crippen molar-refractivity contribution in [2.75, 3.05) is 13.7 Å². The van der Waals surface area contributed by atoms with Crippen molar-refractivity contribution in [1.29, 1.82) is 0 Å². The van der Waals surface area contributed by atoms with Gasteiger partial charge in [0, 0.05) is 24.9 Å². The van der Waals surface area contributed by atoms with Gasteiger partial charge in [-0.1, -0.05) is 30.3 Å². The summed E-state index contributed by atoms with van der Waals surface area (Å²) in [5, 5.41) is 9.56.